The van der Waals surface area contributed by atoms with E-state index in [0.717, 1.165) is 10.9 Å². The molecular formula is C16H24ClN. The Morgan fingerprint density at radius 2 is 1.83 bits per heavy atom. The van der Waals surface area contributed by atoms with Crippen molar-refractivity contribution in [1.29, 1.82) is 0 Å². The van der Waals surface area contributed by atoms with Gasteiger partial charge in [0.05, 0.1) is 0 Å². The quantitative estimate of drug-likeness (QED) is 0.762. The molecule has 100 valence electrons. The van der Waals surface area contributed by atoms with Crippen molar-refractivity contribution in [1.82, 2.24) is 5.32 Å². The first-order valence-electron chi connectivity index (χ1n) is 7.16. The van der Waals surface area contributed by atoms with Gasteiger partial charge >= 0.3 is 0 Å². The summed E-state index contributed by atoms with van der Waals surface area (Å²) < 4.78 is 0. The molecule has 0 amide bonds. The average molecular weight is 266 g/mol. The summed E-state index contributed by atoms with van der Waals surface area (Å²) in [7, 11) is 0. The third kappa shape index (κ3) is 4.00. The number of benzene rings is 1. The van der Waals surface area contributed by atoms with Gasteiger partial charge < -0.3 is 5.32 Å². The van der Waals surface area contributed by atoms with Gasteiger partial charge in [-0.3, -0.25) is 0 Å². The molecule has 0 heterocycles. The molecule has 0 spiro atoms. The summed E-state index contributed by atoms with van der Waals surface area (Å²) in [6, 6.07) is 9.30. The third-order valence-electron chi connectivity index (χ3n) is 4.11. The molecular weight excluding hydrogens is 242 g/mol. The lowest BCUT2D eigenvalue weighted by Gasteiger charge is -2.22. The Balaban J connectivity index is 1.90. The van der Waals surface area contributed by atoms with Gasteiger partial charge in [0.2, 0.25) is 0 Å². The Morgan fingerprint density at radius 1 is 1.11 bits per heavy atom. The molecule has 0 radical (unpaired) electrons. The van der Waals surface area contributed by atoms with Gasteiger partial charge in [-0.15, -0.1) is 0 Å². The Labute approximate surface area is 116 Å². The normalized spacial score (nSPS) is 26.6. The highest BCUT2D eigenvalue weighted by Crippen LogP contribution is 2.25. The summed E-state index contributed by atoms with van der Waals surface area (Å²) in [6.07, 6.45) is 6.77. The number of nitrogens with one attached hydrogen (secondary N) is 1. The largest absolute Gasteiger partial charge is 0.307 e. The first-order chi connectivity index (χ1) is 8.65. The number of hydrogen-bond donors (Lipinski definition) is 1. The van der Waals surface area contributed by atoms with Crippen LogP contribution in [0.25, 0.3) is 0 Å². The number of hydrogen-bond acceptors (Lipinski definition) is 1. The van der Waals surface area contributed by atoms with Gasteiger partial charge in [0.15, 0.2) is 0 Å². The summed E-state index contributed by atoms with van der Waals surface area (Å²) >= 11 is 5.93. The number of rotatable bonds is 3. The lowest BCUT2D eigenvalue weighted by atomic mass is 10.0. The van der Waals surface area contributed by atoms with Crippen LogP contribution in [0.4, 0.5) is 0 Å². The lowest BCUT2D eigenvalue weighted by Crippen LogP contribution is -2.31. The molecule has 1 aliphatic rings. The van der Waals surface area contributed by atoms with E-state index in [1.165, 1.54) is 37.7 Å². The molecule has 1 fully saturated rings. The first-order valence-corrected chi connectivity index (χ1v) is 7.54. The van der Waals surface area contributed by atoms with Crippen molar-refractivity contribution in [3.05, 3.63) is 34.9 Å². The lowest BCUT2D eigenvalue weighted by molar-refractivity contribution is 0.408. The standard InChI is InChI=1S/C16H24ClN/c1-12-4-3-5-16(11-6-12)18-13(2)14-7-9-15(17)10-8-14/h7-10,12-13,16,18H,3-6,11H2,1-2H3/t12?,13-,16?/m1/s1. The van der Waals surface area contributed by atoms with Crippen LogP contribution in [0.2, 0.25) is 5.02 Å². The van der Waals surface area contributed by atoms with E-state index in [1.807, 2.05) is 12.1 Å². The third-order valence-corrected chi connectivity index (χ3v) is 4.37. The molecule has 0 saturated heterocycles. The van der Waals surface area contributed by atoms with Crippen molar-refractivity contribution >= 4 is 11.6 Å². The Hall–Kier alpha value is -0.530. The maximum atomic E-state index is 5.93. The van der Waals surface area contributed by atoms with Crippen LogP contribution in [0.5, 0.6) is 0 Å². The highest BCUT2D eigenvalue weighted by atomic mass is 35.5. The Morgan fingerprint density at radius 3 is 2.56 bits per heavy atom. The van der Waals surface area contributed by atoms with E-state index in [9.17, 15) is 0 Å². The van der Waals surface area contributed by atoms with Crippen LogP contribution in [0, 0.1) is 5.92 Å². The van der Waals surface area contributed by atoms with E-state index in [-0.39, 0.29) is 0 Å². The molecule has 2 rings (SSSR count). The molecule has 2 unspecified atom stereocenters. The molecule has 1 nitrogen and oxygen atoms in total. The van der Waals surface area contributed by atoms with Gasteiger partial charge in [-0.05, 0) is 49.8 Å². The van der Waals surface area contributed by atoms with Gasteiger partial charge in [0.1, 0.15) is 0 Å². The molecule has 3 atom stereocenters. The minimum atomic E-state index is 0.417. The van der Waals surface area contributed by atoms with E-state index < -0.39 is 0 Å². The van der Waals surface area contributed by atoms with Crippen LogP contribution < -0.4 is 5.32 Å². The van der Waals surface area contributed by atoms with Gasteiger partial charge in [-0.2, -0.15) is 0 Å². The van der Waals surface area contributed by atoms with Crippen molar-refractivity contribution in [3.8, 4) is 0 Å². The fraction of sp³-hybridized carbons (Fsp3) is 0.625. The zero-order valence-electron chi connectivity index (χ0n) is 11.5. The minimum Gasteiger partial charge on any atom is -0.307 e. The van der Waals surface area contributed by atoms with Crippen LogP contribution >= 0.6 is 11.6 Å². The van der Waals surface area contributed by atoms with Gasteiger partial charge in [0, 0.05) is 17.1 Å². The van der Waals surface area contributed by atoms with Crippen LogP contribution in [-0.4, -0.2) is 6.04 Å². The average Bonchev–Trinajstić information content (AvgIpc) is 2.55. The SMILES string of the molecule is CC1CCCC(N[C@H](C)c2ccc(Cl)cc2)CC1. The van der Waals surface area contributed by atoms with Gasteiger partial charge in [-0.1, -0.05) is 43.5 Å². The van der Waals surface area contributed by atoms with E-state index >= 15 is 0 Å². The van der Waals surface area contributed by atoms with Crippen molar-refractivity contribution in [2.24, 2.45) is 5.92 Å². The molecule has 0 bridgehead atoms. The molecule has 1 aromatic carbocycles. The Bertz CT molecular complexity index is 360. The predicted octanol–water partition coefficient (Wildman–Crippen LogP) is 4.96. The van der Waals surface area contributed by atoms with Crippen molar-refractivity contribution in [2.75, 3.05) is 0 Å². The zero-order valence-corrected chi connectivity index (χ0v) is 12.2. The summed E-state index contributed by atoms with van der Waals surface area (Å²) in [5, 5.41) is 4.59. The minimum absolute atomic E-state index is 0.417. The molecule has 1 aliphatic carbocycles. The van der Waals surface area contributed by atoms with Crippen molar-refractivity contribution in [2.45, 2.75) is 58.0 Å². The Kier molecular flexibility index (Phi) is 5.08. The van der Waals surface area contributed by atoms with Crippen molar-refractivity contribution < 1.29 is 0 Å². The predicted molar refractivity (Wildman–Crippen MR) is 79.0 cm³/mol. The summed E-state index contributed by atoms with van der Waals surface area (Å²) in [5.74, 6) is 0.905. The van der Waals surface area contributed by atoms with Gasteiger partial charge in [-0.25, -0.2) is 0 Å². The van der Waals surface area contributed by atoms with Crippen LogP contribution in [0.15, 0.2) is 24.3 Å². The van der Waals surface area contributed by atoms with Crippen LogP contribution in [0.1, 0.15) is 57.6 Å². The van der Waals surface area contributed by atoms with E-state index in [4.69, 9.17) is 11.6 Å². The smallest absolute Gasteiger partial charge is 0.0406 e. The molecule has 2 heteroatoms. The van der Waals surface area contributed by atoms with E-state index in [2.05, 4.69) is 31.3 Å². The van der Waals surface area contributed by atoms with E-state index in [0.29, 0.717) is 12.1 Å². The molecule has 18 heavy (non-hydrogen) atoms. The van der Waals surface area contributed by atoms with Crippen LogP contribution in [-0.2, 0) is 0 Å². The second-order valence-electron chi connectivity index (χ2n) is 5.75. The maximum absolute atomic E-state index is 5.93. The molecule has 1 saturated carbocycles. The molecule has 1 N–H and O–H groups in total. The zero-order chi connectivity index (χ0) is 13.0. The monoisotopic (exact) mass is 265 g/mol. The van der Waals surface area contributed by atoms with E-state index in [1.54, 1.807) is 0 Å². The fourth-order valence-electron chi connectivity index (χ4n) is 2.85. The highest BCUT2D eigenvalue weighted by Gasteiger charge is 2.18. The fourth-order valence-corrected chi connectivity index (χ4v) is 2.98. The summed E-state index contributed by atoms with van der Waals surface area (Å²) in [6.45, 7) is 4.63. The highest BCUT2D eigenvalue weighted by molar-refractivity contribution is 6.30. The second-order valence-corrected chi connectivity index (χ2v) is 6.19. The van der Waals surface area contributed by atoms with Crippen LogP contribution in [0.3, 0.4) is 0 Å². The molecule has 0 aliphatic heterocycles. The topological polar surface area (TPSA) is 12.0 Å². The summed E-state index contributed by atoms with van der Waals surface area (Å²) in [4.78, 5) is 0. The summed E-state index contributed by atoms with van der Waals surface area (Å²) in [5.41, 5.74) is 1.33. The van der Waals surface area contributed by atoms with Gasteiger partial charge in [0.25, 0.3) is 0 Å². The maximum Gasteiger partial charge on any atom is 0.0406 e. The second kappa shape index (κ2) is 6.58. The molecule has 0 aromatic heterocycles. The van der Waals surface area contributed by atoms with Crippen molar-refractivity contribution in [3.63, 3.8) is 0 Å². The first kappa shape index (κ1) is 13.9. The number of halogens is 1. The molecule has 1 aromatic rings.